The van der Waals surface area contributed by atoms with Crippen molar-refractivity contribution in [3.63, 3.8) is 0 Å². The number of piperidine rings is 1. The highest BCUT2D eigenvalue weighted by Gasteiger charge is 2.33. The fourth-order valence-corrected chi connectivity index (χ4v) is 4.97. The predicted octanol–water partition coefficient (Wildman–Crippen LogP) is 5.54. The van der Waals surface area contributed by atoms with Gasteiger partial charge in [-0.2, -0.15) is 0 Å². The molecule has 6 heteroatoms. The van der Waals surface area contributed by atoms with Gasteiger partial charge in [0.15, 0.2) is 5.76 Å². The van der Waals surface area contributed by atoms with E-state index in [4.69, 9.17) is 20.8 Å². The molecule has 33 heavy (non-hydrogen) atoms. The van der Waals surface area contributed by atoms with Crippen LogP contribution < -0.4 is 4.74 Å². The van der Waals surface area contributed by atoms with Gasteiger partial charge in [-0.1, -0.05) is 41.9 Å². The first kappa shape index (κ1) is 23.4. The molecule has 0 spiro atoms. The molecular weight excluding hydrogens is 436 g/mol. The molecule has 2 aromatic carbocycles. The van der Waals surface area contributed by atoms with Gasteiger partial charge in [0.2, 0.25) is 0 Å². The maximum Gasteiger partial charge on any atom is 0.289 e. The number of halogens is 1. The lowest BCUT2D eigenvalue weighted by Crippen LogP contribution is -2.47. The van der Waals surface area contributed by atoms with Crippen molar-refractivity contribution in [1.29, 1.82) is 0 Å². The number of methoxy groups -OCH3 is 1. The zero-order valence-corrected chi connectivity index (χ0v) is 20.0. The van der Waals surface area contributed by atoms with E-state index in [1.807, 2.05) is 42.3 Å². The van der Waals surface area contributed by atoms with E-state index in [1.165, 1.54) is 5.56 Å². The zero-order valence-electron chi connectivity index (χ0n) is 19.2. The van der Waals surface area contributed by atoms with Gasteiger partial charge in [-0.3, -0.25) is 9.69 Å². The van der Waals surface area contributed by atoms with Crippen molar-refractivity contribution in [2.75, 3.05) is 27.2 Å². The normalized spacial score (nSPS) is 15.8. The Balaban J connectivity index is 1.46. The number of likely N-dealkylation sites (tertiary alicyclic amines) is 1. The molecular formula is C27H31ClN2O3. The summed E-state index contributed by atoms with van der Waals surface area (Å²) in [5, 5.41) is 0.747. The molecule has 0 N–H and O–H groups in total. The van der Waals surface area contributed by atoms with Crippen LogP contribution in [0.1, 0.15) is 34.5 Å². The fraction of sp³-hybridized carbons (Fsp3) is 0.370. The number of furan rings is 1. The zero-order chi connectivity index (χ0) is 23.2. The third-order valence-electron chi connectivity index (χ3n) is 6.65. The van der Waals surface area contributed by atoms with Crippen LogP contribution in [-0.2, 0) is 13.0 Å². The van der Waals surface area contributed by atoms with Crippen LogP contribution in [0.15, 0.2) is 71.3 Å². The van der Waals surface area contributed by atoms with Gasteiger partial charge in [0.1, 0.15) is 5.75 Å². The van der Waals surface area contributed by atoms with Gasteiger partial charge in [0.05, 0.1) is 13.4 Å². The number of ether oxygens (including phenoxy) is 1. The average molecular weight is 467 g/mol. The summed E-state index contributed by atoms with van der Waals surface area (Å²) in [6.45, 7) is 2.88. The summed E-state index contributed by atoms with van der Waals surface area (Å²) in [6, 6.07) is 19.7. The van der Waals surface area contributed by atoms with Crippen molar-refractivity contribution in [3.05, 3.63) is 88.8 Å². The van der Waals surface area contributed by atoms with Gasteiger partial charge >= 0.3 is 0 Å². The Morgan fingerprint density at radius 1 is 1.15 bits per heavy atom. The second-order valence-electron chi connectivity index (χ2n) is 8.72. The van der Waals surface area contributed by atoms with Gasteiger partial charge in [-0.05, 0) is 79.7 Å². The first-order valence-corrected chi connectivity index (χ1v) is 11.8. The minimum absolute atomic E-state index is 0.0430. The lowest BCUT2D eigenvalue weighted by atomic mass is 9.84. The van der Waals surface area contributed by atoms with Crippen LogP contribution in [-0.4, -0.2) is 49.0 Å². The molecule has 1 aromatic heterocycles. The standard InChI is InChI=1S/C27H31ClN2O3/c1-29(27(31)26-11-6-16-33-26)25(18-22-8-3-4-10-24(22)28)21-12-14-30(15-13-21)19-20-7-5-9-23(17-20)32-2/h3-11,16-17,21,25H,12-15,18-19H2,1-2H3/t25-/m1/s1. The Hall–Kier alpha value is -2.76. The van der Waals surface area contributed by atoms with Gasteiger partial charge in [0, 0.05) is 24.7 Å². The number of hydrogen-bond donors (Lipinski definition) is 0. The lowest BCUT2D eigenvalue weighted by Gasteiger charge is -2.40. The molecule has 0 saturated carbocycles. The highest BCUT2D eigenvalue weighted by molar-refractivity contribution is 6.31. The molecule has 1 aliphatic rings. The van der Waals surface area contributed by atoms with Gasteiger partial charge < -0.3 is 14.1 Å². The highest BCUT2D eigenvalue weighted by Crippen LogP contribution is 2.30. The minimum atomic E-state index is -0.0872. The van der Waals surface area contributed by atoms with E-state index in [0.29, 0.717) is 11.7 Å². The van der Waals surface area contributed by atoms with Crippen molar-refractivity contribution in [2.24, 2.45) is 5.92 Å². The Labute approximate surface area is 200 Å². The van der Waals surface area contributed by atoms with E-state index >= 15 is 0 Å². The molecule has 2 heterocycles. The summed E-state index contributed by atoms with van der Waals surface area (Å²) in [4.78, 5) is 17.4. The van der Waals surface area contributed by atoms with Crippen LogP contribution in [0.4, 0.5) is 0 Å². The Morgan fingerprint density at radius 2 is 1.94 bits per heavy atom. The van der Waals surface area contributed by atoms with Crippen molar-refractivity contribution in [2.45, 2.75) is 31.8 Å². The molecule has 4 rings (SSSR count). The molecule has 0 bridgehead atoms. The minimum Gasteiger partial charge on any atom is -0.497 e. The van der Waals surface area contributed by atoms with Crippen LogP contribution in [0.3, 0.4) is 0 Å². The maximum atomic E-state index is 13.1. The molecule has 0 aliphatic carbocycles. The molecule has 0 radical (unpaired) electrons. The molecule has 1 fully saturated rings. The summed E-state index contributed by atoms with van der Waals surface area (Å²) in [5.41, 5.74) is 2.33. The van der Waals surface area contributed by atoms with Crippen LogP contribution in [0.25, 0.3) is 0 Å². The SMILES string of the molecule is COc1cccc(CN2CCC([C@@H](Cc3ccccc3Cl)N(C)C(=O)c3ccco3)CC2)c1. The molecule has 1 atom stereocenters. The second-order valence-corrected chi connectivity index (χ2v) is 9.13. The lowest BCUT2D eigenvalue weighted by molar-refractivity contribution is 0.0556. The quantitative estimate of drug-likeness (QED) is 0.437. The van der Waals surface area contributed by atoms with E-state index in [0.717, 1.165) is 55.2 Å². The Kier molecular flexibility index (Phi) is 7.73. The molecule has 1 saturated heterocycles. The molecule has 5 nitrogen and oxygen atoms in total. The Morgan fingerprint density at radius 3 is 2.64 bits per heavy atom. The molecule has 3 aromatic rings. The summed E-state index contributed by atoms with van der Waals surface area (Å²) < 4.78 is 10.8. The fourth-order valence-electron chi connectivity index (χ4n) is 4.76. The summed E-state index contributed by atoms with van der Waals surface area (Å²) in [7, 11) is 3.58. The largest absolute Gasteiger partial charge is 0.497 e. The number of carbonyl (C=O) groups is 1. The Bertz CT molecular complexity index is 1050. The average Bonchev–Trinajstić information content (AvgIpc) is 3.38. The van der Waals surface area contributed by atoms with Crippen LogP contribution in [0, 0.1) is 5.92 Å². The van der Waals surface area contributed by atoms with Crippen molar-refractivity contribution < 1.29 is 13.9 Å². The van der Waals surface area contributed by atoms with Crippen molar-refractivity contribution in [1.82, 2.24) is 9.80 Å². The van der Waals surface area contributed by atoms with Gasteiger partial charge in [-0.25, -0.2) is 0 Å². The molecule has 1 aliphatic heterocycles. The van der Waals surface area contributed by atoms with Gasteiger partial charge in [0.25, 0.3) is 5.91 Å². The number of benzene rings is 2. The third-order valence-corrected chi connectivity index (χ3v) is 7.02. The summed E-state index contributed by atoms with van der Waals surface area (Å²) in [5.74, 6) is 1.56. The number of likely N-dealkylation sites (N-methyl/N-ethyl adjacent to an activating group) is 1. The van der Waals surface area contributed by atoms with Crippen LogP contribution >= 0.6 is 11.6 Å². The monoisotopic (exact) mass is 466 g/mol. The molecule has 1 amide bonds. The first-order valence-electron chi connectivity index (χ1n) is 11.4. The predicted molar refractivity (Wildman–Crippen MR) is 131 cm³/mol. The number of rotatable bonds is 8. The van der Waals surface area contributed by atoms with E-state index < -0.39 is 0 Å². The number of hydrogen-bond acceptors (Lipinski definition) is 4. The number of carbonyl (C=O) groups excluding carboxylic acids is 1. The second kappa shape index (κ2) is 10.9. The van der Waals surface area contributed by atoms with Crippen LogP contribution in [0.5, 0.6) is 5.75 Å². The smallest absolute Gasteiger partial charge is 0.289 e. The molecule has 174 valence electrons. The van der Waals surface area contributed by atoms with Crippen molar-refractivity contribution >= 4 is 17.5 Å². The third kappa shape index (κ3) is 5.79. The van der Waals surface area contributed by atoms with Crippen molar-refractivity contribution in [3.8, 4) is 5.75 Å². The maximum absolute atomic E-state index is 13.1. The highest BCUT2D eigenvalue weighted by atomic mass is 35.5. The molecule has 0 unspecified atom stereocenters. The number of nitrogens with zero attached hydrogens (tertiary/aromatic N) is 2. The first-order chi connectivity index (χ1) is 16.0. The summed E-state index contributed by atoms with van der Waals surface area (Å²) >= 11 is 6.49. The van der Waals surface area contributed by atoms with E-state index in [2.05, 4.69) is 23.1 Å². The summed E-state index contributed by atoms with van der Waals surface area (Å²) in [6.07, 6.45) is 4.31. The van der Waals surface area contributed by atoms with E-state index in [-0.39, 0.29) is 11.9 Å². The number of amides is 1. The van der Waals surface area contributed by atoms with Gasteiger partial charge in [-0.15, -0.1) is 0 Å². The van der Waals surface area contributed by atoms with E-state index in [1.54, 1.807) is 25.5 Å². The van der Waals surface area contributed by atoms with E-state index in [9.17, 15) is 4.79 Å². The topological polar surface area (TPSA) is 45.9 Å². The van der Waals surface area contributed by atoms with Crippen LogP contribution in [0.2, 0.25) is 5.02 Å².